The van der Waals surface area contributed by atoms with Crippen LogP contribution in [0.1, 0.15) is 31.9 Å². The lowest BCUT2D eigenvalue weighted by atomic mass is 10.1. The van der Waals surface area contributed by atoms with Gasteiger partial charge in [0.1, 0.15) is 0 Å². The summed E-state index contributed by atoms with van der Waals surface area (Å²) in [6.45, 7) is 5.25. The van der Waals surface area contributed by atoms with E-state index in [4.69, 9.17) is 16.3 Å². The molecule has 1 nitrogen and oxygen atoms in total. The topological polar surface area (TPSA) is 9.23 Å². The van der Waals surface area contributed by atoms with Crippen molar-refractivity contribution in [2.45, 2.75) is 26.4 Å². The normalized spacial score (nSPS) is 13.1. The molecule has 1 aromatic carbocycles. The van der Waals surface area contributed by atoms with Gasteiger partial charge in [-0.25, -0.2) is 0 Å². The highest BCUT2D eigenvalue weighted by atomic mass is 127. The Bertz CT molecular complexity index is 297. The lowest BCUT2D eigenvalue weighted by Gasteiger charge is -2.16. The lowest BCUT2D eigenvalue weighted by molar-refractivity contribution is 0.0633. The first-order valence-corrected chi connectivity index (χ1v) is 7.47. The van der Waals surface area contributed by atoms with E-state index < -0.39 is 0 Å². The van der Waals surface area contributed by atoms with E-state index in [0.717, 1.165) is 22.5 Å². The van der Waals surface area contributed by atoms with Crippen molar-refractivity contribution in [3.63, 3.8) is 0 Å². The molecule has 0 aliphatic carbocycles. The average Bonchev–Trinajstić information content (AvgIpc) is 2.26. The number of ether oxygens (including phenoxy) is 1. The highest BCUT2D eigenvalue weighted by Crippen LogP contribution is 2.22. The summed E-state index contributed by atoms with van der Waals surface area (Å²) in [5.74, 6) is 0.695. The van der Waals surface area contributed by atoms with E-state index in [9.17, 15) is 0 Å². The van der Waals surface area contributed by atoms with Crippen LogP contribution in [0.4, 0.5) is 0 Å². The largest absolute Gasteiger partial charge is 0.373 e. The Morgan fingerprint density at radius 2 is 1.88 bits per heavy atom. The van der Waals surface area contributed by atoms with E-state index in [1.54, 1.807) is 0 Å². The van der Waals surface area contributed by atoms with Gasteiger partial charge in [0.25, 0.3) is 0 Å². The SMILES string of the molecule is CC(C)CCOC(CI)c1ccc(Cl)cc1. The van der Waals surface area contributed by atoms with E-state index in [2.05, 4.69) is 36.4 Å². The van der Waals surface area contributed by atoms with Crippen molar-refractivity contribution >= 4 is 34.2 Å². The Morgan fingerprint density at radius 1 is 1.25 bits per heavy atom. The molecule has 90 valence electrons. The first kappa shape index (κ1) is 14.3. The fourth-order valence-electron chi connectivity index (χ4n) is 1.35. The Labute approximate surface area is 117 Å². The van der Waals surface area contributed by atoms with E-state index >= 15 is 0 Å². The summed E-state index contributed by atoms with van der Waals surface area (Å²) in [4.78, 5) is 0. The third-order valence-corrected chi connectivity index (χ3v) is 3.45. The Kier molecular flexibility index (Phi) is 6.70. The molecule has 0 spiro atoms. The van der Waals surface area contributed by atoms with Gasteiger partial charge in [0.15, 0.2) is 0 Å². The van der Waals surface area contributed by atoms with Crippen molar-refractivity contribution in [1.82, 2.24) is 0 Å². The van der Waals surface area contributed by atoms with Crippen LogP contribution in [-0.4, -0.2) is 11.0 Å². The van der Waals surface area contributed by atoms with Crippen LogP contribution in [0.15, 0.2) is 24.3 Å². The Balaban J connectivity index is 2.50. The second kappa shape index (κ2) is 7.51. The van der Waals surface area contributed by atoms with Crippen molar-refractivity contribution in [1.29, 1.82) is 0 Å². The van der Waals surface area contributed by atoms with Crippen LogP contribution in [0, 0.1) is 5.92 Å². The smallest absolute Gasteiger partial charge is 0.0914 e. The molecule has 0 amide bonds. The van der Waals surface area contributed by atoms with Gasteiger partial charge in [-0.3, -0.25) is 0 Å². The fourth-order valence-corrected chi connectivity index (χ4v) is 2.24. The number of hydrogen-bond acceptors (Lipinski definition) is 1. The van der Waals surface area contributed by atoms with Crippen LogP contribution < -0.4 is 0 Å². The molecular weight excluding hydrogens is 334 g/mol. The molecule has 0 aliphatic rings. The summed E-state index contributed by atoms with van der Waals surface area (Å²) in [5.41, 5.74) is 1.21. The van der Waals surface area contributed by atoms with Crippen LogP contribution in [0.5, 0.6) is 0 Å². The summed E-state index contributed by atoms with van der Waals surface area (Å²) in [6, 6.07) is 7.92. The molecule has 0 bridgehead atoms. The number of rotatable bonds is 6. The maximum Gasteiger partial charge on any atom is 0.0914 e. The maximum atomic E-state index is 5.88. The number of benzene rings is 1. The Hall–Kier alpha value is 0.200. The lowest BCUT2D eigenvalue weighted by Crippen LogP contribution is -2.08. The molecule has 0 N–H and O–H groups in total. The van der Waals surface area contributed by atoms with Crippen molar-refractivity contribution in [3.05, 3.63) is 34.9 Å². The minimum atomic E-state index is 0.191. The molecule has 1 atom stereocenters. The van der Waals surface area contributed by atoms with Gasteiger partial charge in [0, 0.05) is 16.1 Å². The van der Waals surface area contributed by atoms with Crippen molar-refractivity contribution in [3.8, 4) is 0 Å². The van der Waals surface area contributed by atoms with Crippen LogP contribution in [0.2, 0.25) is 5.02 Å². The number of alkyl halides is 1. The first-order chi connectivity index (χ1) is 7.63. The van der Waals surface area contributed by atoms with Crippen LogP contribution in [-0.2, 0) is 4.74 Å². The molecule has 1 unspecified atom stereocenters. The second-order valence-electron chi connectivity index (χ2n) is 4.25. The number of hydrogen-bond donors (Lipinski definition) is 0. The summed E-state index contributed by atoms with van der Waals surface area (Å²) in [7, 11) is 0. The molecule has 0 fully saturated rings. The van der Waals surface area contributed by atoms with Crippen molar-refractivity contribution in [2.24, 2.45) is 5.92 Å². The molecule has 0 heterocycles. The molecule has 0 aliphatic heterocycles. The summed E-state index contributed by atoms with van der Waals surface area (Å²) < 4.78 is 6.85. The summed E-state index contributed by atoms with van der Waals surface area (Å²) >= 11 is 8.22. The molecule has 1 rings (SSSR count). The molecule has 0 saturated heterocycles. The third kappa shape index (κ3) is 5.02. The van der Waals surface area contributed by atoms with Crippen LogP contribution in [0.25, 0.3) is 0 Å². The monoisotopic (exact) mass is 352 g/mol. The van der Waals surface area contributed by atoms with Gasteiger partial charge in [0.2, 0.25) is 0 Å². The highest BCUT2D eigenvalue weighted by molar-refractivity contribution is 14.1. The Morgan fingerprint density at radius 3 is 2.38 bits per heavy atom. The third-order valence-electron chi connectivity index (χ3n) is 2.40. The number of halogens is 2. The molecule has 16 heavy (non-hydrogen) atoms. The highest BCUT2D eigenvalue weighted by Gasteiger charge is 2.10. The van der Waals surface area contributed by atoms with E-state index in [1.165, 1.54) is 5.56 Å². The van der Waals surface area contributed by atoms with Crippen LogP contribution >= 0.6 is 34.2 Å². The van der Waals surface area contributed by atoms with Gasteiger partial charge in [-0.1, -0.05) is 60.2 Å². The van der Waals surface area contributed by atoms with E-state index in [0.29, 0.717) is 5.92 Å². The van der Waals surface area contributed by atoms with Gasteiger partial charge >= 0.3 is 0 Å². The van der Waals surface area contributed by atoms with E-state index in [1.807, 2.05) is 24.3 Å². The fraction of sp³-hybridized carbons (Fsp3) is 0.538. The van der Waals surface area contributed by atoms with Gasteiger partial charge in [-0.05, 0) is 30.0 Å². The predicted molar refractivity (Wildman–Crippen MR) is 78.5 cm³/mol. The van der Waals surface area contributed by atoms with Gasteiger partial charge in [-0.2, -0.15) is 0 Å². The van der Waals surface area contributed by atoms with E-state index in [-0.39, 0.29) is 6.10 Å². The summed E-state index contributed by atoms with van der Waals surface area (Å²) in [5, 5.41) is 0.776. The summed E-state index contributed by atoms with van der Waals surface area (Å²) in [6.07, 6.45) is 1.30. The van der Waals surface area contributed by atoms with Gasteiger partial charge in [0.05, 0.1) is 6.10 Å². The molecule has 1 aromatic rings. The molecule has 0 radical (unpaired) electrons. The average molecular weight is 353 g/mol. The molecule has 0 saturated carbocycles. The maximum absolute atomic E-state index is 5.88. The quantitative estimate of drug-likeness (QED) is 0.524. The zero-order chi connectivity index (χ0) is 12.0. The van der Waals surface area contributed by atoms with Crippen molar-refractivity contribution < 1.29 is 4.74 Å². The van der Waals surface area contributed by atoms with Gasteiger partial charge in [-0.15, -0.1) is 0 Å². The standard InChI is InChI=1S/C13H18ClIO/c1-10(2)7-8-16-13(9-15)11-3-5-12(14)6-4-11/h3-6,10,13H,7-9H2,1-2H3. The van der Waals surface area contributed by atoms with Gasteiger partial charge < -0.3 is 4.74 Å². The molecule has 3 heteroatoms. The zero-order valence-corrected chi connectivity index (χ0v) is 12.7. The van der Waals surface area contributed by atoms with Crippen molar-refractivity contribution in [2.75, 3.05) is 11.0 Å². The predicted octanol–water partition coefficient (Wildman–Crippen LogP) is 4.88. The molecular formula is C13H18ClIO. The zero-order valence-electron chi connectivity index (χ0n) is 9.75. The van der Waals surface area contributed by atoms with Crippen LogP contribution in [0.3, 0.4) is 0 Å². The minimum Gasteiger partial charge on any atom is -0.373 e. The second-order valence-corrected chi connectivity index (χ2v) is 5.57. The minimum absolute atomic E-state index is 0.191. The first-order valence-electron chi connectivity index (χ1n) is 5.56. The molecule has 0 aromatic heterocycles.